The number of fused-ring (bicyclic) bond motifs is 5. The van der Waals surface area contributed by atoms with Gasteiger partial charge >= 0.3 is 0 Å². The Bertz CT molecular complexity index is 355. The lowest BCUT2D eigenvalue weighted by molar-refractivity contribution is -0.0702. The van der Waals surface area contributed by atoms with Crippen molar-refractivity contribution in [1.29, 1.82) is 0 Å². The minimum Gasteiger partial charge on any atom is -0.374 e. The van der Waals surface area contributed by atoms with Crippen LogP contribution in [-0.4, -0.2) is 12.2 Å². The van der Waals surface area contributed by atoms with Gasteiger partial charge in [-0.3, -0.25) is 0 Å². The van der Waals surface area contributed by atoms with E-state index >= 15 is 0 Å². The van der Waals surface area contributed by atoms with Gasteiger partial charge in [0.2, 0.25) is 0 Å². The molecule has 18 heavy (non-hydrogen) atoms. The van der Waals surface area contributed by atoms with Gasteiger partial charge < -0.3 is 4.74 Å². The van der Waals surface area contributed by atoms with Crippen LogP contribution in [0.3, 0.4) is 0 Å². The summed E-state index contributed by atoms with van der Waals surface area (Å²) in [5.74, 6) is 2.74. The van der Waals surface area contributed by atoms with E-state index < -0.39 is 0 Å². The molecule has 0 aromatic rings. The minimum absolute atomic E-state index is 0.468. The number of ether oxygens (including phenoxy) is 1. The fourth-order valence-electron chi connectivity index (χ4n) is 6.19. The number of hydrogen-bond donors (Lipinski definition) is 0. The molecular weight excluding hydrogens is 220 g/mol. The van der Waals surface area contributed by atoms with Crippen LogP contribution in [0, 0.1) is 28.6 Å². The lowest BCUT2D eigenvalue weighted by Gasteiger charge is -2.39. The predicted molar refractivity (Wildman–Crippen MR) is 73.3 cm³/mol. The van der Waals surface area contributed by atoms with Gasteiger partial charge in [0, 0.05) is 0 Å². The smallest absolute Gasteiger partial charge is 0.0669 e. The SMILES string of the molecule is CC1(C)C2CCC1(C)C1OC(C3CCCC3)CC21. The zero-order valence-electron chi connectivity index (χ0n) is 12.2. The molecule has 0 amide bonds. The van der Waals surface area contributed by atoms with Crippen LogP contribution in [0.25, 0.3) is 0 Å². The zero-order chi connectivity index (χ0) is 12.5. The van der Waals surface area contributed by atoms with Gasteiger partial charge in [0.15, 0.2) is 0 Å². The van der Waals surface area contributed by atoms with Crippen molar-refractivity contribution in [3.8, 4) is 0 Å². The zero-order valence-corrected chi connectivity index (χ0v) is 12.2. The Hall–Kier alpha value is -0.0400. The molecule has 102 valence electrons. The topological polar surface area (TPSA) is 9.23 Å². The lowest BCUT2D eigenvalue weighted by Crippen LogP contribution is -2.38. The van der Waals surface area contributed by atoms with Gasteiger partial charge in [-0.25, -0.2) is 0 Å². The first-order chi connectivity index (χ1) is 8.54. The third-order valence-corrected chi connectivity index (χ3v) is 7.66. The summed E-state index contributed by atoms with van der Waals surface area (Å²) in [7, 11) is 0. The molecule has 3 aliphatic carbocycles. The van der Waals surface area contributed by atoms with E-state index in [1.807, 2.05) is 0 Å². The normalized spacial score (nSPS) is 54.2. The highest BCUT2D eigenvalue weighted by atomic mass is 16.5. The fourth-order valence-corrected chi connectivity index (χ4v) is 6.19. The van der Waals surface area contributed by atoms with Crippen molar-refractivity contribution in [2.45, 2.75) is 77.9 Å². The summed E-state index contributed by atoms with van der Waals surface area (Å²) in [6.45, 7) is 7.54. The van der Waals surface area contributed by atoms with E-state index in [2.05, 4.69) is 20.8 Å². The van der Waals surface area contributed by atoms with Gasteiger partial charge in [-0.15, -0.1) is 0 Å². The molecule has 1 nitrogen and oxygen atoms in total. The molecule has 0 spiro atoms. The van der Waals surface area contributed by atoms with E-state index in [0.717, 1.165) is 17.8 Å². The Morgan fingerprint density at radius 2 is 1.72 bits per heavy atom. The molecule has 4 fully saturated rings. The second-order valence-corrected chi connectivity index (χ2v) is 8.32. The van der Waals surface area contributed by atoms with Crippen LogP contribution in [0.5, 0.6) is 0 Å². The van der Waals surface area contributed by atoms with Crippen molar-refractivity contribution in [2.75, 3.05) is 0 Å². The Morgan fingerprint density at radius 1 is 1.00 bits per heavy atom. The maximum atomic E-state index is 6.64. The molecule has 5 unspecified atom stereocenters. The monoisotopic (exact) mass is 248 g/mol. The molecule has 4 aliphatic rings. The fraction of sp³-hybridized carbons (Fsp3) is 1.00. The maximum Gasteiger partial charge on any atom is 0.0669 e. The van der Waals surface area contributed by atoms with E-state index in [1.165, 1.54) is 44.9 Å². The Balaban J connectivity index is 1.59. The molecule has 0 aromatic carbocycles. The first kappa shape index (κ1) is 11.8. The summed E-state index contributed by atoms with van der Waals surface area (Å²) in [5, 5.41) is 0. The average molecular weight is 248 g/mol. The first-order valence-corrected chi connectivity index (χ1v) is 8.19. The largest absolute Gasteiger partial charge is 0.374 e. The molecule has 0 radical (unpaired) electrons. The molecule has 1 aliphatic heterocycles. The summed E-state index contributed by atoms with van der Waals surface area (Å²) in [4.78, 5) is 0. The van der Waals surface area contributed by atoms with Crippen LogP contribution in [0.2, 0.25) is 0 Å². The highest BCUT2D eigenvalue weighted by Crippen LogP contribution is 2.71. The molecule has 0 aromatic heterocycles. The third-order valence-electron chi connectivity index (χ3n) is 7.66. The molecule has 5 atom stereocenters. The summed E-state index contributed by atoms with van der Waals surface area (Å²) >= 11 is 0. The predicted octanol–water partition coefficient (Wildman–Crippen LogP) is 4.41. The Labute approximate surface area is 112 Å². The van der Waals surface area contributed by atoms with Gasteiger partial charge in [0.25, 0.3) is 0 Å². The van der Waals surface area contributed by atoms with Crippen molar-refractivity contribution in [3.63, 3.8) is 0 Å². The van der Waals surface area contributed by atoms with E-state index in [-0.39, 0.29) is 0 Å². The quantitative estimate of drug-likeness (QED) is 0.668. The second-order valence-electron chi connectivity index (χ2n) is 8.32. The lowest BCUT2D eigenvalue weighted by atomic mass is 9.70. The van der Waals surface area contributed by atoms with Gasteiger partial charge in [-0.1, -0.05) is 33.6 Å². The van der Waals surface area contributed by atoms with E-state index in [9.17, 15) is 0 Å². The average Bonchev–Trinajstić information content (AvgIpc) is 3.02. The molecule has 1 saturated heterocycles. The van der Waals surface area contributed by atoms with Gasteiger partial charge in [0.05, 0.1) is 12.2 Å². The molecular formula is C17H28O. The van der Waals surface area contributed by atoms with Crippen molar-refractivity contribution in [3.05, 3.63) is 0 Å². The van der Waals surface area contributed by atoms with Gasteiger partial charge in [0.1, 0.15) is 0 Å². The highest BCUT2D eigenvalue weighted by Gasteiger charge is 2.69. The second kappa shape index (κ2) is 3.53. The molecule has 0 N–H and O–H groups in total. The standard InChI is InChI=1S/C17H28O/c1-16(2)13-8-9-17(16,3)15-12(13)10-14(18-15)11-6-4-5-7-11/h11-15H,4-10H2,1-3H3. The number of hydrogen-bond acceptors (Lipinski definition) is 1. The molecule has 2 bridgehead atoms. The highest BCUT2D eigenvalue weighted by molar-refractivity contribution is 5.17. The summed E-state index contributed by atoms with van der Waals surface area (Å²) < 4.78 is 6.64. The van der Waals surface area contributed by atoms with Crippen LogP contribution in [-0.2, 0) is 4.74 Å². The van der Waals surface area contributed by atoms with Crippen LogP contribution >= 0.6 is 0 Å². The number of rotatable bonds is 1. The van der Waals surface area contributed by atoms with Crippen LogP contribution in [0.4, 0.5) is 0 Å². The first-order valence-electron chi connectivity index (χ1n) is 8.19. The Morgan fingerprint density at radius 3 is 2.39 bits per heavy atom. The van der Waals surface area contributed by atoms with Crippen molar-refractivity contribution >= 4 is 0 Å². The molecule has 1 heteroatoms. The summed E-state index contributed by atoms with van der Waals surface area (Å²) in [6.07, 6.45) is 11.3. The summed E-state index contributed by atoms with van der Waals surface area (Å²) in [5.41, 5.74) is 0.985. The van der Waals surface area contributed by atoms with Gasteiger partial charge in [-0.05, 0) is 60.7 Å². The Kier molecular flexibility index (Phi) is 2.31. The van der Waals surface area contributed by atoms with Crippen LogP contribution in [0.15, 0.2) is 0 Å². The van der Waals surface area contributed by atoms with Crippen LogP contribution < -0.4 is 0 Å². The van der Waals surface area contributed by atoms with Crippen molar-refractivity contribution in [2.24, 2.45) is 28.6 Å². The third kappa shape index (κ3) is 1.23. The molecule has 3 saturated carbocycles. The van der Waals surface area contributed by atoms with Crippen molar-refractivity contribution in [1.82, 2.24) is 0 Å². The van der Waals surface area contributed by atoms with E-state index in [0.29, 0.717) is 23.0 Å². The van der Waals surface area contributed by atoms with Gasteiger partial charge in [-0.2, -0.15) is 0 Å². The van der Waals surface area contributed by atoms with Crippen LogP contribution in [0.1, 0.15) is 65.7 Å². The molecule has 4 rings (SSSR count). The van der Waals surface area contributed by atoms with E-state index in [4.69, 9.17) is 4.74 Å². The summed E-state index contributed by atoms with van der Waals surface area (Å²) in [6, 6.07) is 0. The van der Waals surface area contributed by atoms with E-state index in [1.54, 1.807) is 0 Å². The molecule has 1 heterocycles. The maximum absolute atomic E-state index is 6.64. The minimum atomic E-state index is 0.468. The van der Waals surface area contributed by atoms with Crippen molar-refractivity contribution < 1.29 is 4.74 Å².